The van der Waals surface area contributed by atoms with Gasteiger partial charge in [0.15, 0.2) is 11.2 Å². The second kappa shape index (κ2) is 8.71. The lowest BCUT2D eigenvalue weighted by atomic mass is 10.2. The maximum Gasteiger partial charge on any atom is 0.332 e. The lowest BCUT2D eigenvalue weighted by Crippen LogP contribution is -2.43. The molecule has 1 aromatic carbocycles. The minimum atomic E-state index is -3.59. The van der Waals surface area contributed by atoms with Gasteiger partial charge in [0.05, 0.1) is 11.2 Å². The summed E-state index contributed by atoms with van der Waals surface area (Å²) >= 11 is 0. The molecule has 2 aromatic heterocycles. The Balaban J connectivity index is 1.73. The largest absolute Gasteiger partial charge is 0.350 e. The molecule has 0 aliphatic rings. The number of nitrogens with zero attached hydrogens (tertiary/aromatic N) is 5. The third-order valence-electron chi connectivity index (χ3n) is 5.32. The number of imidazole rings is 1. The maximum atomic E-state index is 12.7. The topological polar surface area (TPSA) is 128 Å². The molecule has 0 aliphatic heterocycles. The Morgan fingerprint density at radius 1 is 1.16 bits per heavy atom. The first-order chi connectivity index (χ1) is 14.9. The summed E-state index contributed by atoms with van der Waals surface area (Å²) in [4.78, 5) is 41.8. The quantitative estimate of drug-likeness (QED) is 0.517. The highest BCUT2D eigenvalue weighted by Crippen LogP contribution is 2.17. The van der Waals surface area contributed by atoms with Crippen molar-refractivity contribution in [1.82, 2.24) is 28.3 Å². The van der Waals surface area contributed by atoms with Gasteiger partial charge in [-0.15, -0.1) is 0 Å². The molecular formula is C20H26N6O5S. The maximum absolute atomic E-state index is 12.7. The molecule has 0 spiro atoms. The van der Waals surface area contributed by atoms with E-state index in [2.05, 4.69) is 10.3 Å². The molecule has 1 N–H and O–H groups in total. The number of sulfonamides is 1. The third-order valence-corrected chi connectivity index (χ3v) is 7.37. The van der Waals surface area contributed by atoms with E-state index in [4.69, 9.17) is 0 Å². The first-order valence-corrected chi connectivity index (χ1v) is 11.3. The highest BCUT2D eigenvalue weighted by Gasteiger charge is 2.23. The van der Waals surface area contributed by atoms with Crippen LogP contribution in [0.2, 0.25) is 0 Å². The number of hydrogen-bond donors (Lipinski definition) is 1. The lowest BCUT2D eigenvalue weighted by Gasteiger charge is -2.21. The van der Waals surface area contributed by atoms with E-state index in [0.717, 1.165) is 4.57 Å². The Bertz CT molecular complexity index is 1380. The number of hydrogen-bond acceptors (Lipinski definition) is 6. The number of fused-ring (bicyclic) bond motifs is 1. The summed E-state index contributed by atoms with van der Waals surface area (Å²) in [5.74, 6) is -0.526. The van der Waals surface area contributed by atoms with Crippen molar-refractivity contribution in [1.29, 1.82) is 0 Å². The molecule has 0 aliphatic carbocycles. The van der Waals surface area contributed by atoms with E-state index in [0.29, 0.717) is 5.56 Å². The van der Waals surface area contributed by atoms with E-state index < -0.39 is 33.7 Å². The van der Waals surface area contributed by atoms with Gasteiger partial charge < -0.3 is 9.88 Å². The highest BCUT2D eigenvalue weighted by molar-refractivity contribution is 7.89. The van der Waals surface area contributed by atoms with Crippen LogP contribution < -0.4 is 16.6 Å². The number of rotatable bonds is 7. The number of nitrogens with one attached hydrogen (secondary N) is 1. The molecule has 0 saturated carbocycles. The monoisotopic (exact) mass is 462 g/mol. The summed E-state index contributed by atoms with van der Waals surface area (Å²) in [5.41, 5.74) is -0.0884. The van der Waals surface area contributed by atoms with E-state index in [1.807, 2.05) is 0 Å². The van der Waals surface area contributed by atoms with Crippen LogP contribution in [0.25, 0.3) is 11.2 Å². The van der Waals surface area contributed by atoms with Crippen LogP contribution in [0.15, 0.2) is 45.1 Å². The number of aryl methyl sites for hydroxylation is 2. The van der Waals surface area contributed by atoms with Gasteiger partial charge in [-0.05, 0) is 31.5 Å². The van der Waals surface area contributed by atoms with E-state index in [-0.39, 0.29) is 28.6 Å². The number of carbonyl (C=O) groups is 1. The Morgan fingerprint density at radius 2 is 1.78 bits per heavy atom. The predicted molar refractivity (Wildman–Crippen MR) is 119 cm³/mol. The standard InChI is InChI=1S/C20H26N6O5S/c1-13(2)25(5)32(30,31)15-8-6-14(7-9-15)10-21-16(27)11-26-19(28)17-18(22-12-23(17)3)24(4)20(26)29/h6-9,12-13H,10-11H2,1-5H3,(H,21,27). The van der Waals surface area contributed by atoms with Crippen molar-refractivity contribution in [3.63, 3.8) is 0 Å². The second-order valence-corrected chi connectivity index (χ2v) is 9.79. The van der Waals surface area contributed by atoms with Gasteiger partial charge in [-0.2, -0.15) is 4.31 Å². The van der Waals surface area contributed by atoms with Crippen molar-refractivity contribution in [3.8, 4) is 0 Å². The summed E-state index contributed by atoms with van der Waals surface area (Å²) in [6.45, 7) is 3.23. The van der Waals surface area contributed by atoms with Gasteiger partial charge in [-0.25, -0.2) is 22.8 Å². The molecule has 12 heteroatoms. The van der Waals surface area contributed by atoms with Crippen molar-refractivity contribution >= 4 is 27.1 Å². The fourth-order valence-electron chi connectivity index (χ4n) is 3.16. The fourth-order valence-corrected chi connectivity index (χ4v) is 4.53. The summed E-state index contributed by atoms with van der Waals surface area (Å²) in [6.07, 6.45) is 1.43. The SMILES string of the molecule is CC(C)N(C)S(=O)(=O)c1ccc(CNC(=O)Cn2c(=O)c3c(ncn3C)n(C)c2=O)cc1. The molecular weight excluding hydrogens is 436 g/mol. The Morgan fingerprint density at radius 3 is 2.38 bits per heavy atom. The van der Waals surface area contributed by atoms with Crippen LogP contribution in [0.4, 0.5) is 0 Å². The smallest absolute Gasteiger partial charge is 0.332 e. The average molecular weight is 463 g/mol. The first-order valence-electron chi connectivity index (χ1n) is 9.89. The Hall–Kier alpha value is -3.25. The molecule has 0 unspecified atom stereocenters. The lowest BCUT2D eigenvalue weighted by molar-refractivity contribution is -0.121. The first kappa shape index (κ1) is 23.4. The van der Waals surface area contributed by atoms with Crippen LogP contribution >= 0.6 is 0 Å². The molecule has 0 saturated heterocycles. The zero-order valence-corrected chi connectivity index (χ0v) is 19.4. The van der Waals surface area contributed by atoms with Gasteiger partial charge in [0.2, 0.25) is 15.9 Å². The van der Waals surface area contributed by atoms with Crippen molar-refractivity contribution in [2.24, 2.45) is 14.1 Å². The van der Waals surface area contributed by atoms with Gasteiger partial charge in [0.25, 0.3) is 5.56 Å². The average Bonchev–Trinajstić information content (AvgIpc) is 3.15. The summed E-state index contributed by atoms with van der Waals surface area (Å²) in [6, 6.07) is 5.99. The zero-order valence-electron chi connectivity index (χ0n) is 18.6. The normalized spacial score (nSPS) is 12.1. The van der Waals surface area contributed by atoms with E-state index in [1.165, 1.54) is 46.0 Å². The number of aromatic nitrogens is 4. The summed E-state index contributed by atoms with van der Waals surface area (Å²) in [7, 11) is 1.04. The van der Waals surface area contributed by atoms with Crippen LogP contribution in [0.3, 0.4) is 0 Å². The molecule has 0 radical (unpaired) electrons. The van der Waals surface area contributed by atoms with Gasteiger partial charge >= 0.3 is 5.69 Å². The van der Waals surface area contributed by atoms with Gasteiger partial charge in [0, 0.05) is 33.7 Å². The van der Waals surface area contributed by atoms with Crippen molar-refractivity contribution in [2.45, 2.75) is 37.9 Å². The van der Waals surface area contributed by atoms with Crippen molar-refractivity contribution in [3.05, 3.63) is 57.0 Å². The van der Waals surface area contributed by atoms with Crippen LogP contribution in [0, 0.1) is 0 Å². The van der Waals surface area contributed by atoms with Crippen LogP contribution in [0.5, 0.6) is 0 Å². The van der Waals surface area contributed by atoms with Crippen LogP contribution in [-0.4, -0.2) is 50.4 Å². The molecule has 32 heavy (non-hydrogen) atoms. The van der Waals surface area contributed by atoms with E-state index >= 15 is 0 Å². The Labute approximate surface area is 185 Å². The highest BCUT2D eigenvalue weighted by atomic mass is 32.2. The van der Waals surface area contributed by atoms with E-state index in [1.54, 1.807) is 33.0 Å². The molecule has 11 nitrogen and oxygen atoms in total. The number of benzene rings is 1. The molecule has 0 atom stereocenters. The second-order valence-electron chi connectivity index (χ2n) is 7.80. The summed E-state index contributed by atoms with van der Waals surface area (Å²) in [5, 5.41) is 2.65. The summed E-state index contributed by atoms with van der Waals surface area (Å²) < 4.78 is 29.9. The van der Waals surface area contributed by atoms with Crippen molar-refractivity contribution in [2.75, 3.05) is 7.05 Å². The molecule has 0 fully saturated rings. The molecule has 3 aromatic rings. The predicted octanol–water partition coefficient (Wildman–Crippen LogP) is -0.221. The molecule has 172 valence electrons. The third kappa shape index (κ3) is 4.23. The van der Waals surface area contributed by atoms with E-state index in [9.17, 15) is 22.8 Å². The number of amides is 1. The molecule has 0 bridgehead atoms. The molecule has 2 heterocycles. The fraction of sp³-hybridized carbons (Fsp3) is 0.400. The van der Waals surface area contributed by atoms with Gasteiger partial charge in [-0.3, -0.25) is 14.2 Å². The van der Waals surface area contributed by atoms with Crippen LogP contribution in [-0.2, 0) is 42.0 Å². The Kier molecular flexibility index (Phi) is 6.37. The molecule has 3 rings (SSSR count). The van der Waals surface area contributed by atoms with Gasteiger partial charge in [-0.1, -0.05) is 12.1 Å². The minimum absolute atomic E-state index is 0.113. The van der Waals surface area contributed by atoms with Crippen LogP contribution in [0.1, 0.15) is 19.4 Å². The zero-order chi connectivity index (χ0) is 23.8. The minimum Gasteiger partial charge on any atom is -0.350 e. The van der Waals surface area contributed by atoms with Crippen molar-refractivity contribution < 1.29 is 13.2 Å². The molecule has 1 amide bonds. The number of carbonyl (C=O) groups excluding carboxylic acids is 1. The van der Waals surface area contributed by atoms with Gasteiger partial charge in [0.1, 0.15) is 6.54 Å².